The van der Waals surface area contributed by atoms with Gasteiger partial charge in [0, 0.05) is 25.4 Å². The van der Waals surface area contributed by atoms with Gasteiger partial charge >= 0.3 is 0 Å². The summed E-state index contributed by atoms with van der Waals surface area (Å²) in [5.74, 6) is 0.0571. The monoisotopic (exact) mass is 227 g/mol. The van der Waals surface area contributed by atoms with Gasteiger partial charge in [0.15, 0.2) is 0 Å². The summed E-state index contributed by atoms with van der Waals surface area (Å²) in [7, 11) is 3.50. The fraction of sp³-hybridized carbons (Fsp3) is 0.846. The lowest BCUT2D eigenvalue weighted by Gasteiger charge is -2.44. The third-order valence-electron chi connectivity index (χ3n) is 4.24. The number of carbonyl (C=O) groups excluding carboxylic acids is 2. The van der Waals surface area contributed by atoms with Crippen molar-refractivity contribution in [1.82, 2.24) is 4.90 Å². The second kappa shape index (κ2) is 4.56. The Balaban J connectivity index is 5.28. The van der Waals surface area contributed by atoms with E-state index in [1.165, 1.54) is 0 Å². The van der Waals surface area contributed by atoms with E-state index >= 15 is 0 Å². The van der Waals surface area contributed by atoms with Gasteiger partial charge in [-0.05, 0) is 12.3 Å². The summed E-state index contributed by atoms with van der Waals surface area (Å²) in [6.45, 7) is 11.3. The quantitative estimate of drug-likeness (QED) is 0.739. The fourth-order valence-electron chi connectivity index (χ4n) is 1.88. The van der Waals surface area contributed by atoms with E-state index in [4.69, 9.17) is 0 Å². The second-order valence-corrected chi connectivity index (χ2v) is 5.88. The Kier molecular flexibility index (Phi) is 4.31. The van der Waals surface area contributed by atoms with Crippen molar-refractivity contribution in [3.05, 3.63) is 0 Å². The normalized spacial score (nSPS) is 14.5. The Labute approximate surface area is 99.2 Å². The first-order valence-electron chi connectivity index (χ1n) is 5.68. The van der Waals surface area contributed by atoms with Crippen molar-refractivity contribution in [3.63, 3.8) is 0 Å². The van der Waals surface area contributed by atoms with Gasteiger partial charge in [-0.1, -0.05) is 34.6 Å². The molecule has 0 radical (unpaired) electrons. The molecule has 0 saturated carbocycles. The van der Waals surface area contributed by atoms with Crippen molar-refractivity contribution in [1.29, 1.82) is 0 Å². The lowest BCUT2D eigenvalue weighted by atomic mass is 9.60. The Bertz CT molecular complexity index is 290. The third kappa shape index (κ3) is 2.45. The topological polar surface area (TPSA) is 37.4 Å². The van der Waals surface area contributed by atoms with Crippen molar-refractivity contribution in [3.8, 4) is 0 Å². The summed E-state index contributed by atoms with van der Waals surface area (Å²) in [4.78, 5) is 25.2. The van der Waals surface area contributed by atoms with Crippen LogP contribution in [-0.2, 0) is 9.59 Å². The molecule has 3 nitrogen and oxygen atoms in total. The van der Waals surface area contributed by atoms with Crippen LogP contribution in [0.25, 0.3) is 0 Å². The summed E-state index contributed by atoms with van der Waals surface area (Å²) < 4.78 is 0. The van der Waals surface area contributed by atoms with Crippen molar-refractivity contribution in [2.75, 3.05) is 14.1 Å². The number of rotatable bonds is 4. The molecular formula is C13H25NO2. The van der Waals surface area contributed by atoms with Gasteiger partial charge in [-0.25, -0.2) is 0 Å². The average molecular weight is 227 g/mol. The molecule has 0 aromatic rings. The highest BCUT2D eigenvalue weighted by Crippen LogP contribution is 2.45. The van der Waals surface area contributed by atoms with Crippen LogP contribution in [0.2, 0.25) is 0 Å². The molecule has 0 aromatic heterocycles. The average Bonchev–Trinajstić information content (AvgIpc) is 2.14. The molecule has 0 bridgehead atoms. The molecule has 0 spiro atoms. The number of nitrogens with zero attached hydrogens (tertiary/aromatic N) is 1. The van der Waals surface area contributed by atoms with E-state index in [1.54, 1.807) is 25.9 Å². The number of amides is 1. The highest BCUT2D eigenvalue weighted by atomic mass is 16.2. The molecule has 0 N–H and O–H groups in total. The zero-order chi connectivity index (χ0) is 13.3. The van der Waals surface area contributed by atoms with Crippen LogP contribution in [0, 0.1) is 16.7 Å². The molecule has 0 aromatic carbocycles. The standard InChI is InChI=1S/C13H25NO2/c1-9(10(2)15)12(3,4)13(5,6)11(16)14(7)8/h9H,1-8H3. The molecular weight excluding hydrogens is 202 g/mol. The van der Waals surface area contributed by atoms with E-state index in [0.717, 1.165) is 0 Å². The number of hydrogen-bond donors (Lipinski definition) is 0. The second-order valence-electron chi connectivity index (χ2n) is 5.88. The zero-order valence-corrected chi connectivity index (χ0v) is 11.8. The lowest BCUT2D eigenvalue weighted by Crippen LogP contribution is -2.49. The Morgan fingerprint density at radius 2 is 1.44 bits per heavy atom. The van der Waals surface area contributed by atoms with Gasteiger partial charge in [0.1, 0.15) is 5.78 Å². The molecule has 0 heterocycles. The molecule has 3 heteroatoms. The van der Waals surface area contributed by atoms with E-state index in [2.05, 4.69) is 0 Å². The molecule has 1 amide bonds. The summed E-state index contributed by atoms with van der Waals surface area (Å²) >= 11 is 0. The molecule has 1 unspecified atom stereocenters. The van der Waals surface area contributed by atoms with Crippen LogP contribution in [0.5, 0.6) is 0 Å². The first kappa shape index (κ1) is 15.1. The largest absolute Gasteiger partial charge is 0.348 e. The smallest absolute Gasteiger partial charge is 0.228 e. The van der Waals surface area contributed by atoms with Crippen molar-refractivity contribution in [2.45, 2.75) is 41.5 Å². The van der Waals surface area contributed by atoms with Crippen LogP contribution < -0.4 is 0 Å². The van der Waals surface area contributed by atoms with Gasteiger partial charge in [-0.2, -0.15) is 0 Å². The van der Waals surface area contributed by atoms with Gasteiger partial charge in [0.05, 0.1) is 0 Å². The molecule has 16 heavy (non-hydrogen) atoms. The maximum atomic E-state index is 12.2. The third-order valence-corrected chi connectivity index (χ3v) is 4.24. The summed E-state index contributed by atoms with van der Waals surface area (Å²) in [6, 6.07) is 0. The van der Waals surface area contributed by atoms with E-state index in [-0.39, 0.29) is 23.0 Å². The number of hydrogen-bond acceptors (Lipinski definition) is 2. The van der Waals surface area contributed by atoms with Gasteiger partial charge < -0.3 is 4.90 Å². The number of Topliss-reactive ketones (excluding diaryl/α,β-unsaturated/α-hetero) is 1. The highest BCUT2D eigenvalue weighted by molar-refractivity contribution is 5.85. The molecule has 0 aliphatic carbocycles. The minimum Gasteiger partial charge on any atom is -0.348 e. The van der Waals surface area contributed by atoms with Gasteiger partial charge in [-0.15, -0.1) is 0 Å². The SMILES string of the molecule is CC(=O)C(C)C(C)(C)C(C)(C)C(=O)N(C)C. The summed E-state index contributed by atoms with van der Waals surface area (Å²) in [6.07, 6.45) is 0. The van der Waals surface area contributed by atoms with E-state index in [9.17, 15) is 9.59 Å². The molecule has 0 saturated heterocycles. The number of carbonyl (C=O) groups is 2. The lowest BCUT2D eigenvalue weighted by molar-refractivity contribution is -0.148. The van der Waals surface area contributed by atoms with Gasteiger partial charge in [0.2, 0.25) is 5.91 Å². The van der Waals surface area contributed by atoms with Crippen LogP contribution >= 0.6 is 0 Å². The van der Waals surface area contributed by atoms with E-state index in [1.807, 2.05) is 34.6 Å². The summed E-state index contributed by atoms with van der Waals surface area (Å²) in [5.41, 5.74) is -0.915. The van der Waals surface area contributed by atoms with E-state index < -0.39 is 5.41 Å². The van der Waals surface area contributed by atoms with Gasteiger partial charge in [0.25, 0.3) is 0 Å². The van der Waals surface area contributed by atoms with Crippen LogP contribution in [-0.4, -0.2) is 30.7 Å². The van der Waals surface area contributed by atoms with Crippen LogP contribution in [0.15, 0.2) is 0 Å². The minimum absolute atomic E-state index is 0.0607. The molecule has 0 aliphatic heterocycles. The highest BCUT2D eigenvalue weighted by Gasteiger charge is 2.48. The van der Waals surface area contributed by atoms with Crippen LogP contribution in [0.4, 0.5) is 0 Å². The molecule has 0 fully saturated rings. The predicted octanol–water partition coefficient (Wildman–Crippen LogP) is 2.35. The molecule has 94 valence electrons. The van der Waals surface area contributed by atoms with Crippen LogP contribution in [0.3, 0.4) is 0 Å². The molecule has 1 atom stereocenters. The Morgan fingerprint density at radius 3 is 1.69 bits per heavy atom. The molecule has 0 aliphatic rings. The zero-order valence-electron chi connectivity index (χ0n) is 11.8. The van der Waals surface area contributed by atoms with Crippen molar-refractivity contribution < 1.29 is 9.59 Å². The Morgan fingerprint density at radius 1 is 1.06 bits per heavy atom. The van der Waals surface area contributed by atoms with Gasteiger partial charge in [-0.3, -0.25) is 9.59 Å². The van der Waals surface area contributed by atoms with Crippen molar-refractivity contribution in [2.24, 2.45) is 16.7 Å². The molecule has 0 rings (SSSR count). The first-order valence-corrected chi connectivity index (χ1v) is 5.68. The van der Waals surface area contributed by atoms with Crippen LogP contribution in [0.1, 0.15) is 41.5 Å². The maximum absolute atomic E-state index is 12.2. The maximum Gasteiger partial charge on any atom is 0.228 e. The predicted molar refractivity (Wildman–Crippen MR) is 66.1 cm³/mol. The van der Waals surface area contributed by atoms with E-state index in [0.29, 0.717) is 0 Å². The minimum atomic E-state index is -0.554. The van der Waals surface area contributed by atoms with Crippen molar-refractivity contribution >= 4 is 11.7 Å². The number of ketones is 1. The fourth-order valence-corrected chi connectivity index (χ4v) is 1.88. The Hall–Kier alpha value is -0.860. The summed E-state index contributed by atoms with van der Waals surface area (Å²) in [5, 5.41) is 0. The first-order chi connectivity index (χ1) is 6.96.